The molecule has 0 unspecified atom stereocenters. The van der Waals surface area contributed by atoms with Crippen molar-refractivity contribution in [1.29, 1.82) is 0 Å². The summed E-state index contributed by atoms with van der Waals surface area (Å²) in [6.45, 7) is 0. The maximum Gasteiger partial charge on any atom is 0.306 e. The van der Waals surface area contributed by atoms with Crippen molar-refractivity contribution < 1.29 is 9.53 Å². The van der Waals surface area contributed by atoms with Crippen LogP contribution in [0.5, 0.6) is 0 Å². The Bertz CT molecular complexity index is 319. The van der Waals surface area contributed by atoms with Crippen LogP contribution in [-0.4, -0.2) is 23.8 Å². The largest absolute Gasteiger partial charge is 0.469 e. The highest BCUT2D eigenvalue weighted by atomic mass is 79.9. The number of methoxy groups -OCH3 is 1. The monoisotopic (exact) mass is 275 g/mol. The van der Waals surface area contributed by atoms with Crippen molar-refractivity contribution in [2.45, 2.75) is 11.4 Å². The Balaban J connectivity index is 2.35. The predicted octanol–water partition coefficient (Wildman–Crippen LogP) is 2.50. The molecular formula is C9H10BrNO2S. The van der Waals surface area contributed by atoms with Crippen molar-refractivity contribution in [3.05, 3.63) is 22.8 Å². The first kappa shape index (κ1) is 11.5. The average Bonchev–Trinajstić information content (AvgIpc) is 2.17. The molecule has 1 aromatic heterocycles. The summed E-state index contributed by atoms with van der Waals surface area (Å²) in [4.78, 5) is 15.0. The van der Waals surface area contributed by atoms with Gasteiger partial charge in [0.25, 0.3) is 0 Å². The number of ether oxygens (including phenoxy) is 1. The molecule has 0 atom stereocenters. The molecule has 1 aromatic rings. The summed E-state index contributed by atoms with van der Waals surface area (Å²) in [7, 11) is 1.39. The van der Waals surface area contributed by atoms with Crippen molar-refractivity contribution >= 4 is 33.7 Å². The number of nitrogens with zero attached hydrogens (tertiary/aromatic N) is 1. The maximum absolute atomic E-state index is 10.8. The standard InChI is InChI=1S/C9H10BrNO2S/c1-13-9(12)5-6-14-8-4-2-3-7(10)11-8/h2-4H,5-6H2,1H3. The van der Waals surface area contributed by atoms with Crippen molar-refractivity contribution in [2.24, 2.45) is 0 Å². The summed E-state index contributed by atoms with van der Waals surface area (Å²) < 4.78 is 5.34. The highest BCUT2D eigenvalue weighted by Crippen LogP contribution is 2.18. The first-order valence-electron chi connectivity index (χ1n) is 4.04. The van der Waals surface area contributed by atoms with Crippen molar-refractivity contribution in [3.8, 4) is 0 Å². The van der Waals surface area contributed by atoms with E-state index in [1.165, 1.54) is 18.9 Å². The fraction of sp³-hybridized carbons (Fsp3) is 0.333. The Morgan fingerprint density at radius 2 is 2.43 bits per heavy atom. The second-order valence-electron chi connectivity index (χ2n) is 2.47. The van der Waals surface area contributed by atoms with Crippen molar-refractivity contribution in [3.63, 3.8) is 0 Å². The zero-order valence-corrected chi connectivity index (χ0v) is 10.1. The fourth-order valence-electron chi connectivity index (χ4n) is 0.811. The van der Waals surface area contributed by atoms with Crippen LogP contribution in [0.3, 0.4) is 0 Å². The molecule has 0 aliphatic carbocycles. The minimum absolute atomic E-state index is 0.188. The van der Waals surface area contributed by atoms with Gasteiger partial charge in [-0.15, -0.1) is 11.8 Å². The van der Waals surface area contributed by atoms with Gasteiger partial charge in [0.2, 0.25) is 0 Å². The van der Waals surface area contributed by atoms with Gasteiger partial charge in [-0.1, -0.05) is 6.07 Å². The van der Waals surface area contributed by atoms with Gasteiger partial charge in [-0.3, -0.25) is 4.79 Å². The maximum atomic E-state index is 10.8. The lowest BCUT2D eigenvalue weighted by atomic mass is 10.5. The quantitative estimate of drug-likeness (QED) is 0.481. The summed E-state index contributed by atoms with van der Waals surface area (Å²) in [6.07, 6.45) is 0.412. The molecule has 0 aliphatic rings. The molecule has 0 fully saturated rings. The van der Waals surface area contributed by atoms with Crippen LogP contribution in [0, 0.1) is 0 Å². The fourth-order valence-corrected chi connectivity index (χ4v) is 2.09. The highest BCUT2D eigenvalue weighted by molar-refractivity contribution is 9.10. The van der Waals surface area contributed by atoms with Gasteiger partial charge >= 0.3 is 5.97 Å². The molecule has 0 radical (unpaired) electrons. The number of aromatic nitrogens is 1. The van der Waals surface area contributed by atoms with E-state index in [2.05, 4.69) is 25.7 Å². The number of hydrogen-bond acceptors (Lipinski definition) is 4. The van der Waals surface area contributed by atoms with Gasteiger partial charge in [0, 0.05) is 5.75 Å². The summed E-state index contributed by atoms with van der Waals surface area (Å²) in [5, 5.41) is 0.906. The number of pyridine rings is 1. The minimum Gasteiger partial charge on any atom is -0.469 e. The minimum atomic E-state index is -0.188. The van der Waals surface area contributed by atoms with E-state index in [0.717, 1.165) is 9.63 Å². The van der Waals surface area contributed by atoms with E-state index < -0.39 is 0 Å². The zero-order chi connectivity index (χ0) is 10.4. The average molecular weight is 276 g/mol. The Labute approximate surface area is 95.4 Å². The lowest BCUT2D eigenvalue weighted by molar-refractivity contribution is -0.140. The zero-order valence-electron chi connectivity index (χ0n) is 7.70. The summed E-state index contributed by atoms with van der Waals surface area (Å²) in [5.41, 5.74) is 0. The van der Waals surface area contributed by atoms with Crippen LogP contribution >= 0.6 is 27.7 Å². The number of hydrogen-bond donors (Lipinski definition) is 0. The van der Waals surface area contributed by atoms with Crippen LogP contribution in [0.4, 0.5) is 0 Å². The van der Waals surface area contributed by atoms with Crippen LogP contribution in [0.1, 0.15) is 6.42 Å². The van der Waals surface area contributed by atoms with Gasteiger partial charge in [-0.05, 0) is 28.1 Å². The Hall–Kier alpha value is -0.550. The predicted molar refractivity (Wildman–Crippen MR) is 59.3 cm³/mol. The highest BCUT2D eigenvalue weighted by Gasteiger charge is 2.01. The molecule has 0 N–H and O–H groups in total. The summed E-state index contributed by atoms with van der Waals surface area (Å²) in [5.74, 6) is 0.503. The second-order valence-corrected chi connectivity index (χ2v) is 4.40. The number of rotatable bonds is 4. The third-order valence-electron chi connectivity index (χ3n) is 1.47. The van der Waals surface area contributed by atoms with E-state index >= 15 is 0 Å². The van der Waals surface area contributed by atoms with Crippen molar-refractivity contribution in [2.75, 3.05) is 12.9 Å². The third kappa shape index (κ3) is 4.11. The molecule has 3 nitrogen and oxygen atoms in total. The molecule has 1 heterocycles. The van der Waals surface area contributed by atoms with Crippen LogP contribution in [0.25, 0.3) is 0 Å². The smallest absolute Gasteiger partial charge is 0.306 e. The molecule has 0 bridgehead atoms. The van der Waals surface area contributed by atoms with Crippen LogP contribution < -0.4 is 0 Å². The molecule has 0 saturated carbocycles. The summed E-state index contributed by atoms with van der Waals surface area (Å²) in [6, 6.07) is 5.69. The van der Waals surface area contributed by atoms with E-state index in [1.54, 1.807) is 0 Å². The molecule has 0 aliphatic heterocycles. The normalized spacial score (nSPS) is 9.86. The number of thioether (sulfide) groups is 1. The topological polar surface area (TPSA) is 39.2 Å². The van der Waals surface area contributed by atoms with Gasteiger partial charge < -0.3 is 4.74 Å². The number of carbonyl (C=O) groups is 1. The molecule has 0 spiro atoms. The van der Waals surface area contributed by atoms with Gasteiger partial charge in [-0.2, -0.15) is 0 Å². The van der Waals surface area contributed by atoms with E-state index in [9.17, 15) is 4.79 Å². The Morgan fingerprint density at radius 1 is 1.64 bits per heavy atom. The molecule has 0 amide bonds. The SMILES string of the molecule is COC(=O)CCSc1cccc(Br)n1. The van der Waals surface area contributed by atoms with Crippen LogP contribution in [0.2, 0.25) is 0 Å². The summed E-state index contributed by atoms with van der Waals surface area (Å²) >= 11 is 4.82. The first-order valence-corrected chi connectivity index (χ1v) is 5.82. The first-order chi connectivity index (χ1) is 6.72. The Kier molecular flexibility index (Phi) is 4.97. The van der Waals surface area contributed by atoms with Crippen LogP contribution in [0.15, 0.2) is 27.8 Å². The second kappa shape index (κ2) is 6.03. The van der Waals surface area contributed by atoms with Crippen LogP contribution in [-0.2, 0) is 9.53 Å². The van der Waals surface area contributed by atoms with E-state index in [1.807, 2.05) is 18.2 Å². The molecule has 76 valence electrons. The Morgan fingerprint density at radius 3 is 3.07 bits per heavy atom. The van der Waals surface area contributed by atoms with E-state index in [-0.39, 0.29) is 5.97 Å². The van der Waals surface area contributed by atoms with Gasteiger partial charge in [0.15, 0.2) is 0 Å². The van der Waals surface area contributed by atoms with E-state index in [4.69, 9.17) is 0 Å². The number of carbonyl (C=O) groups excluding carboxylic acids is 1. The lowest BCUT2D eigenvalue weighted by Crippen LogP contribution is -2.01. The number of esters is 1. The van der Waals surface area contributed by atoms with Gasteiger partial charge in [0.1, 0.15) is 4.60 Å². The molecule has 14 heavy (non-hydrogen) atoms. The lowest BCUT2D eigenvalue weighted by Gasteiger charge is -2.00. The van der Waals surface area contributed by atoms with E-state index in [0.29, 0.717) is 12.2 Å². The van der Waals surface area contributed by atoms with Gasteiger partial charge in [0.05, 0.1) is 18.6 Å². The number of halogens is 1. The van der Waals surface area contributed by atoms with Crippen molar-refractivity contribution in [1.82, 2.24) is 4.98 Å². The molecule has 0 aromatic carbocycles. The molecule has 1 rings (SSSR count). The van der Waals surface area contributed by atoms with Gasteiger partial charge in [-0.25, -0.2) is 4.98 Å². The molecular weight excluding hydrogens is 266 g/mol. The molecule has 0 saturated heterocycles. The third-order valence-corrected chi connectivity index (χ3v) is 2.85. The molecule has 5 heteroatoms.